The van der Waals surface area contributed by atoms with E-state index in [2.05, 4.69) is 33.8 Å². The van der Waals surface area contributed by atoms with Gasteiger partial charge in [0.2, 0.25) is 5.95 Å². The summed E-state index contributed by atoms with van der Waals surface area (Å²) in [4.78, 5) is 8.24. The average Bonchev–Trinajstić information content (AvgIpc) is 2.28. The van der Waals surface area contributed by atoms with Gasteiger partial charge in [-0.2, -0.15) is 21.7 Å². The highest BCUT2D eigenvalue weighted by molar-refractivity contribution is 7.99. The summed E-state index contributed by atoms with van der Waals surface area (Å²) in [5.74, 6) is 1.84. The second kappa shape index (κ2) is 7.21. The van der Waals surface area contributed by atoms with Crippen LogP contribution in [0.4, 0.5) is 17.6 Å². The molecule has 96 valence electrons. The van der Waals surface area contributed by atoms with Gasteiger partial charge < -0.3 is 16.4 Å². The number of nitrogens with zero attached hydrogens (tertiary/aromatic N) is 2. The van der Waals surface area contributed by atoms with E-state index in [1.807, 2.05) is 24.8 Å². The van der Waals surface area contributed by atoms with Crippen molar-refractivity contribution in [2.75, 3.05) is 35.7 Å². The number of hydrogen-bond donors (Lipinski definition) is 3. The molecule has 0 spiro atoms. The third-order valence-electron chi connectivity index (χ3n) is 2.36. The molecule has 17 heavy (non-hydrogen) atoms. The van der Waals surface area contributed by atoms with E-state index in [4.69, 9.17) is 5.73 Å². The molecule has 1 aromatic rings. The van der Waals surface area contributed by atoms with Crippen molar-refractivity contribution >= 4 is 29.3 Å². The number of aromatic nitrogens is 2. The zero-order valence-electron chi connectivity index (χ0n) is 10.7. The Hall–Kier alpha value is -1.17. The van der Waals surface area contributed by atoms with Crippen LogP contribution in [0.2, 0.25) is 0 Å². The van der Waals surface area contributed by atoms with Gasteiger partial charge in [-0.15, -0.1) is 0 Å². The molecule has 0 aliphatic heterocycles. The van der Waals surface area contributed by atoms with Crippen LogP contribution < -0.4 is 16.4 Å². The van der Waals surface area contributed by atoms with Crippen LogP contribution in [0.1, 0.15) is 20.3 Å². The molecule has 0 saturated heterocycles. The lowest BCUT2D eigenvalue weighted by Crippen LogP contribution is -2.11. The average molecular weight is 255 g/mol. The maximum Gasteiger partial charge on any atom is 0.223 e. The van der Waals surface area contributed by atoms with Gasteiger partial charge in [0.1, 0.15) is 11.6 Å². The summed E-state index contributed by atoms with van der Waals surface area (Å²) in [6.45, 7) is 5.94. The maximum absolute atomic E-state index is 5.64. The maximum atomic E-state index is 5.64. The van der Waals surface area contributed by atoms with E-state index in [0.717, 1.165) is 31.1 Å². The lowest BCUT2D eigenvalue weighted by molar-refractivity contribution is 0.849. The van der Waals surface area contributed by atoms with Crippen LogP contribution in [0.25, 0.3) is 0 Å². The molecule has 1 unspecified atom stereocenters. The minimum absolute atomic E-state index is 0.295. The van der Waals surface area contributed by atoms with Gasteiger partial charge in [0.25, 0.3) is 0 Å². The summed E-state index contributed by atoms with van der Waals surface area (Å²) in [5.41, 5.74) is 5.64. The largest absolute Gasteiger partial charge is 0.370 e. The molecule has 5 nitrogen and oxygen atoms in total. The molecule has 0 fully saturated rings. The van der Waals surface area contributed by atoms with Gasteiger partial charge in [-0.1, -0.05) is 6.92 Å². The fourth-order valence-corrected chi connectivity index (χ4v) is 1.70. The second-order valence-electron chi connectivity index (χ2n) is 3.79. The molecule has 0 bridgehead atoms. The molecular formula is C11H21N5S. The molecule has 1 atom stereocenters. The topological polar surface area (TPSA) is 75.9 Å². The molecule has 0 saturated carbocycles. The van der Waals surface area contributed by atoms with Gasteiger partial charge in [0.05, 0.1) is 0 Å². The van der Waals surface area contributed by atoms with E-state index in [0.29, 0.717) is 11.2 Å². The Morgan fingerprint density at radius 1 is 1.35 bits per heavy atom. The number of thioether (sulfide) groups is 1. The van der Waals surface area contributed by atoms with Gasteiger partial charge in [-0.25, -0.2) is 0 Å². The predicted molar refractivity (Wildman–Crippen MR) is 76.7 cm³/mol. The summed E-state index contributed by atoms with van der Waals surface area (Å²) in [6.07, 6.45) is 3.22. The summed E-state index contributed by atoms with van der Waals surface area (Å²) < 4.78 is 0. The monoisotopic (exact) mass is 255 g/mol. The van der Waals surface area contributed by atoms with E-state index in [1.165, 1.54) is 0 Å². The van der Waals surface area contributed by atoms with Crippen molar-refractivity contribution in [3.05, 3.63) is 6.07 Å². The summed E-state index contributed by atoms with van der Waals surface area (Å²) >= 11 is 1.86. The first-order valence-corrected chi connectivity index (χ1v) is 7.09. The van der Waals surface area contributed by atoms with Gasteiger partial charge in [-0.3, -0.25) is 0 Å². The van der Waals surface area contributed by atoms with Crippen molar-refractivity contribution in [1.82, 2.24) is 9.97 Å². The number of anilines is 3. The number of nitrogen functional groups attached to an aromatic ring is 1. The Morgan fingerprint density at radius 3 is 2.59 bits per heavy atom. The van der Waals surface area contributed by atoms with Gasteiger partial charge in [0.15, 0.2) is 0 Å². The highest BCUT2D eigenvalue weighted by Gasteiger charge is 2.02. The van der Waals surface area contributed by atoms with Gasteiger partial charge >= 0.3 is 0 Å². The Bertz CT molecular complexity index is 345. The van der Waals surface area contributed by atoms with Gasteiger partial charge in [-0.05, 0) is 19.6 Å². The van der Waals surface area contributed by atoms with Crippen molar-refractivity contribution < 1.29 is 0 Å². The molecule has 1 aromatic heterocycles. The molecule has 4 N–H and O–H groups in total. The van der Waals surface area contributed by atoms with E-state index in [9.17, 15) is 0 Å². The molecular weight excluding hydrogens is 234 g/mol. The zero-order chi connectivity index (χ0) is 12.7. The van der Waals surface area contributed by atoms with E-state index >= 15 is 0 Å². The highest BCUT2D eigenvalue weighted by atomic mass is 32.2. The fraction of sp³-hybridized carbons (Fsp3) is 0.636. The molecule has 0 aliphatic rings. The van der Waals surface area contributed by atoms with Crippen LogP contribution in [0, 0.1) is 0 Å². The van der Waals surface area contributed by atoms with Crippen LogP contribution in [0.3, 0.4) is 0 Å². The fourth-order valence-electron chi connectivity index (χ4n) is 1.35. The number of nitrogens with two attached hydrogens (primary N) is 1. The number of rotatable bonds is 7. The second-order valence-corrected chi connectivity index (χ2v) is 5.06. The number of hydrogen-bond acceptors (Lipinski definition) is 6. The van der Waals surface area contributed by atoms with E-state index in [1.54, 1.807) is 0 Å². The Kier molecular flexibility index (Phi) is 5.90. The third-order valence-corrected chi connectivity index (χ3v) is 3.40. The zero-order valence-corrected chi connectivity index (χ0v) is 11.5. The molecule has 1 rings (SSSR count). The van der Waals surface area contributed by atoms with Crippen molar-refractivity contribution in [3.8, 4) is 0 Å². The summed E-state index contributed by atoms with van der Waals surface area (Å²) in [7, 11) is 0. The summed E-state index contributed by atoms with van der Waals surface area (Å²) in [6, 6.07) is 1.88. The highest BCUT2D eigenvalue weighted by Crippen LogP contribution is 2.14. The van der Waals surface area contributed by atoms with E-state index in [-0.39, 0.29) is 0 Å². The Labute approximate surface area is 107 Å². The smallest absolute Gasteiger partial charge is 0.223 e. The first-order valence-electron chi connectivity index (χ1n) is 5.80. The van der Waals surface area contributed by atoms with Crippen LogP contribution >= 0.6 is 11.8 Å². The van der Waals surface area contributed by atoms with Crippen LogP contribution in [0.15, 0.2) is 6.07 Å². The number of nitrogens with one attached hydrogen (secondary N) is 2. The lowest BCUT2D eigenvalue weighted by Gasteiger charge is -2.11. The SMILES string of the molecule is CCNc1cc(NCCC(C)SC)nc(N)n1. The van der Waals surface area contributed by atoms with Crippen molar-refractivity contribution in [2.45, 2.75) is 25.5 Å². The molecule has 0 aromatic carbocycles. The summed E-state index contributed by atoms with van der Waals surface area (Å²) in [5, 5.41) is 7.04. The lowest BCUT2D eigenvalue weighted by atomic mass is 10.3. The first-order chi connectivity index (χ1) is 8.15. The molecule has 0 radical (unpaired) electrons. The predicted octanol–water partition coefficient (Wildman–Crippen LogP) is 2.04. The molecule has 6 heteroatoms. The normalized spacial score (nSPS) is 12.2. The first kappa shape index (κ1) is 13.9. The molecule has 0 aliphatic carbocycles. The minimum atomic E-state index is 0.295. The Morgan fingerprint density at radius 2 is 2.00 bits per heavy atom. The standard InChI is InChI=1S/C11H21N5S/c1-4-13-9-7-10(16-11(12)15-9)14-6-5-8(2)17-3/h7-8H,4-6H2,1-3H3,(H4,12,13,14,15,16). The van der Waals surface area contributed by atoms with Crippen molar-refractivity contribution in [2.24, 2.45) is 0 Å². The van der Waals surface area contributed by atoms with Crippen molar-refractivity contribution in [1.29, 1.82) is 0 Å². The van der Waals surface area contributed by atoms with Gasteiger partial charge in [0, 0.05) is 24.4 Å². The molecule has 0 amide bonds. The van der Waals surface area contributed by atoms with Crippen molar-refractivity contribution in [3.63, 3.8) is 0 Å². The quantitative estimate of drug-likeness (QED) is 0.692. The van der Waals surface area contributed by atoms with Crippen LogP contribution in [-0.4, -0.2) is 34.6 Å². The molecule has 1 heterocycles. The van der Waals surface area contributed by atoms with E-state index < -0.39 is 0 Å². The minimum Gasteiger partial charge on any atom is -0.370 e. The third kappa shape index (κ3) is 5.12. The van der Waals surface area contributed by atoms with Crippen LogP contribution in [-0.2, 0) is 0 Å². The Balaban J connectivity index is 2.52. The van der Waals surface area contributed by atoms with Crippen LogP contribution in [0.5, 0.6) is 0 Å².